The number of hydrogen-bond acceptors (Lipinski definition) is 7. The van der Waals surface area contributed by atoms with Crippen LogP contribution in [0.3, 0.4) is 0 Å². The molecule has 2 aromatic heterocycles. The molecular weight excluding hydrogens is 464 g/mol. The lowest BCUT2D eigenvalue weighted by Crippen LogP contribution is -2.21. The molecule has 0 fully saturated rings. The SMILES string of the molecule is CCCCCCc1ccc(CCC(C)C(=O)c2c(O)cc(C(C)CC/C=C/C(=O)OC)oc2=O)s1. The highest BCUT2D eigenvalue weighted by Crippen LogP contribution is 2.27. The number of ketones is 1. The van der Waals surface area contributed by atoms with Crippen LogP contribution in [-0.2, 0) is 22.4 Å². The summed E-state index contributed by atoms with van der Waals surface area (Å²) in [6.45, 7) is 5.84. The van der Waals surface area contributed by atoms with E-state index in [1.165, 1.54) is 54.7 Å². The first-order valence-electron chi connectivity index (χ1n) is 12.5. The Labute approximate surface area is 212 Å². The van der Waals surface area contributed by atoms with E-state index in [0.29, 0.717) is 25.0 Å². The van der Waals surface area contributed by atoms with Gasteiger partial charge in [-0.2, -0.15) is 0 Å². The molecule has 2 aromatic rings. The van der Waals surface area contributed by atoms with Crippen LogP contribution in [-0.4, -0.2) is 24.0 Å². The molecule has 0 saturated carbocycles. The van der Waals surface area contributed by atoms with Gasteiger partial charge < -0.3 is 14.3 Å². The van der Waals surface area contributed by atoms with Gasteiger partial charge in [0, 0.05) is 33.7 Å². The third-order valence-electron chi connectivity index (χ3n) is 6.17. The van der Waals surface area contributed by atoms with Crippen molar-refractivity contribution in [2.24, 2.45) is 5.92 Å². The van der Waals surface area contributed by atoms with E-state index in [1.54, 1.807) is 24.3 Å². The number of allylic oxidation sites excluding steroid dienone is 1. The largest absolute Gasteiger partial charge is 0.507 e. The van der Waals surface area contributed by atoms with Crippen molar-refractivity contribution in [3.63, 3.8) is 0 Å². The van der Waals surface area contributed by atoms with Crippen LogP contribution in [0.15, 0.2) is 39.6 Å². The summed E-state index contributed by atoms with van der Waals surface area (Å²) < 4.78 is 9.94. The molecule has 0 aliphatic carbocycles. The molecule has 7 heteroatoms. The van der Waals surface area contributed by atoms with Crippen molar-refractivity contribution in [3.8, 4) is 5.75 Å². The number of aryl methyl sites for hydroxylation is 2. The number of ether oxygens (including phenoxy) is 1. The van der Waals surface area contributed by atoms with Crippen molar-refractivity contribution in [3.05, 3.63) is 61.8 Å². The number of carbonyl (C=O) groups is 2. The standard InChI is InChI=1S/C28H38O6S/c1-5-6-7-8-12-21-16-17-22(35-21)15-14-20(3)27(31)26-23(29)18-24(34-28(26)32)19(2)11-9-10-13-25(30)33-4/h10,13,16-20,29H,5-9,11-12,14-15H2,1-4H3/b13-10+. The van der Waals surface area contributed by atoms with Gasteiger partial charge in [-0.15, -0.1) is 11.3 Å². The van der Waals surface area contributed by atoms with Gasteiger partial charge in [-0.1, -0.05) is 46.1 Å². The molecular formula is C28H38O6S. The highest BCUT2D eigenvalue weighted by atomic mass is 32.1. The maximum atomic E-state index is 12.9. The van der Waals surface area contributed by atoms with Gasteiger partial charge >= 0.3 is 11.6 Å². The average molecular weight is 503 g/mol. The number of carbonyl (C=O) groups excluding carboxylic acids is 2. The van der Waals surface area contributed by atoms with Crippen LogP contribution in [0.1, 0.15) is 97.5 Å². The van der Waals surface area contributed by atoms with Gasteiger partial charge in [-0.25, -0.2) is 9.59 Å². The monoisotopic (exact) mass is 502 g/mol. The lowest BCUT2D eigenvalue weighted by atomic mass is 9.94. The maximum Gasteiger partial charge on any atom is 0.350 e. The van der Waals surface area contributed by atoms with Crippen LogP contribution in [0.4, 0.5) is 0 Å². The first-order chi connectivity index (χ1) is 16.8. The summed E-state index contributed by atoms with van der Waals surface area (Å²) in [5, 5.41) is 10.5. The molecule has 2 atom stereocenters. The molecule has 2 heterocycles. The van der Waals surface area contributed by atoms with Crippen molar-refractivity contribution < 1.29 is 23.8 Å². The molecule has 0 aliphatic heterocycles. The van der Waals surface area contributed by atoms with Crippen LogP contribution in [0.25, 0.3) is 0 Å². The molecule has 1 N–H and O–H groups in total. The van der Waals surface area contributed by atoms with Crippen LogP contribution in [0, 0.1) is 5.92 Å². The van der Waals surface area contributed by atoms with Crippen molar-refractivity contribution in [2.45, 2.75) is 84.5 Å². The summed E-state index contributed by atoms with van der Waals surface area (Å²) in [5.74, 6) is -1.43. The zero-order valence-corrected chi connectivity index (χ0v) is 22.1. The second-order valence-corrected chi connectivity index (χ2v) is 10.3. The predicted octanol–water partition coefficient (Wildman–Crippen LogP) is 6.59. The van der Waals surface area contributed by atoms with Gasteiger partial charge in [0.2, 0.25) is 0 Å². The Balaban J connectivity index is 1.94. The van der Waals surface area contributed by atoms with Crippen molar-refractivity contribution in [1.82, 2.24) is 0 Å². The highest BCUT2D eigenvalue weighted by molar-refractivity contribution is 7.11. The molecule has 192 valence electrons. The van der Waals surface area contributed by atoms with Crippen LogP contribution in [0.2, 0.25) is 0 Å². The number of Topliss-reactive ketones (excluding diaryl/α,β-unsaturated/α-hetero) is 1. The lowest BCUT2D eigenvalue weighted by molar-refractivity contribution is -0.134. The number of aromatic hydroxyl groups is 1. The summed E-state index contributed by atoms with van der Waals surface area (Å²) in [7, 11) is 1.31. The number of rotatable bonds is 15. The summed E-state index contributed by atoms with van der Waals surface area (Å²) in [5.41, 5.74) is -1.08. The quantitative estimate of drug-likeness (QED) is 0.128. The summed E-state index contributed by atoms with van der Waals surface area (Å²) in [6, 6.07) is 5.66. The zero-order chi connectivity index (χ0) is 25.8. The number of hydrogen-bond donors (Lipinski definition) is 1. The Bertz CT molecular complexity index is 1050. The molecule has 35 heavy (non-hydrogen) atoms. The molecule has 6 nitrogen and oxygen atoms in total. The van der Waals surface area contributed by atoms with Crippen molar-refractivity contribution in [1.29, 1.82) is 0 Å². The Hall–Kier alpha value is -2.67. The zero-order valence-electron chi connectivity index (χ0n) is 21.3. The van der Waals surface area contributed by atoms with E-state index >= 15 is 0 Å². The normalized spacial score (nSPS) is 13.1. The smallest absolute Gasteiger partial charge is 0.350 e. The van der Waals surface area contributed by atoms with E-state index in [-0.39, 0.29) is 17.2 Å². The van der Waals surface area contributed by atoms with Crippen molar-refractivity contribution >= 4 is 23.1 Å². The highest BCUT2D eigenvalue weighted by Gasteiger charge is 2.25. The molecule has 0 saturated heterocycles. The Morgan fingerprint density at radius 2 is 1.83 bits per heavy atom. The summed E-state index contributed by atoms with van der Waals surface area (Å²) in [4.78, 5) is 39.2. The maximum absolute atomic E-state index is 12.9. The van der Waals surface area contributed by atoms with Crippen molar-refractivity contribution in [2.75, 3.05) is 7.11 Å². The second-order valence-electron chi connectivity index (χ2n) is 9.08. The minimum absolute atomic E-state index is 0.174. The molecule has 0 bridgehead atoms. The predicted molar refractivity (Wildman–Crippen MR) is 139 cm³/mol. The van der Waals surface area contributed by atoms with E-state index in [4.69, 9.17) is 4.42 Å². The summed E-state index contributed by atoms with van der Waals surface area (Å²) >= 11 is 1.79. The third kappa shape index (κ3) is 9.13. The summed E-state index contributed by atoms with van der Waals surface area (Å²) in [6.07, 6.45) is 11.6. The second kappa shape index (κ2) is 14.7. The fourth-order valence-corrected chi connectivity index (χ4v) is 4.93. The molecule has 0 aliphatic rings. The van der Waals surface area contributed by atoms with Crippen LogP contribution < -0.4 is 5.63 Å². The van der Waals surface area contributed by atoms with E-state index < -0.39 is 23.3 Å². The fraction of sp³-hybridized carbons (Fsp3) is 0.536. The number of thiophene rings is 1. The molecule has 0 amide bonds. The Morgan fingerprint density at radius 1 is 1.11 bits per heavy atom. The van der Waals surface area contributed by atoms with Gasteiger partial charge in [-0.05, 0) is 50.7 Å². The minimum atomic E-state index is -0.806. The van der Waals surface area contributed by atoms with Gasteiger partial charge in [0.25, 0.3) is 0 Å². The van der Waals surface area contributed by atoms with Gasteiger partial charge in [0.05, 0.1) is 7.11 Å². The fourth-order valence-electron chi connectivity index (χ4n) is 3.86. The van der Waals surface area contributed by atoms with E-state index in [0.717, 1.165) is 12.8 Å². The van der Waals surface area contributed by atoms with Crippen LogP contribution >= 0.6 is 11.3 Å². The van der Waals surface area contributed by atoms with E-state index in [1.807, 2.05) is 6.92 Å². The number of esters is 1. The van der Waals surface area contributed by atoms with E-state index in [2.05, 4.69) is 23.8 Å². The molecule has 0 spiro atoms. The molecule has 0 aromatic carbocycles. The minimum Gasteiger partial charge on any atom is -0.507 e. The van der Waals surface area contributed by atoms with Gasteiger partial charge in [0.15, 0.2) is 5.78 Å². The Morgan fingerprint density at radius 3 is 2.49 bits per heavy atom. The van der Waals surface area contributed by atoms with Gasteiger partial charge in [0.1, 0.15) is 17.1 Å². The molecule has 0 radical (unpaired) electrons. The topological polar surface area (TPSA) is 93.8 Å². The van der Waals surface area contributed by atoms with E-state index in [9.17, 15) is 19.5 Å². The Kier molecular flexibility index (Phi) is 12.0. The molecule has 2 unspecified atom stereocenters. The molecule has 2 rings (SSSR count). The average Bonchev–Trinajstić information content (AvgIpc) is 3.29. The first kappa shape index (κ1) is 28.6. The lowest BCUT2D eigenvalue weighted by Gasteiger charge is -2.13. The first-order valence-corrected chi connectivity index (χ1v) is 13.3. The van der Waals surface area contributed by atoms with Gasteiger partial charge in [-0.3, -0.25) is 4.79 Å². The third-order valence-corrected chi connectivity index (χ3v) is 7.37. The number of methoxy groups -OCH3 is 1. The van der Waals surface area contributed by atoms with Crippen LogP contribution in [0.5, 0.6) is 5.75 Å². The number of unbranched alkanes of at least 4 members (excludes halogenated alkanes) is 3.